The zero-order valence-electron chi connectivity index (χ0n) is 16.5. The van der Waals surface area contributed by atoms with E-state index in [0.717, 1.165) is 29.6 Å². The molecule has 0 radical (unpaired) electrons. The van der Waals surface area contributed by atoms with E-state index in [1.54, 1.807) is 43.0 Å². The normalized spacial score (nSPS) is 10.7. The van der Waals surface area contributed by atoms with Crippen LogP contribution in [0.25, 0.3) is 0 Å². The van der Waals surface area contributed by atoms with E-state index in [1.165, 1.54) is 0 Å². The summed E-state index contributed by atoms with van der Waals surface area (Å²) < 4.78 is 10.8. The zero-order valence-corrected chi connectivity index (χ0v) is 17.3. The minimum atomic E-state index is -0.457. The van der Waals surface area contributed by atoms with Gasteiger partial charge in [-0.25, -0.2) is 9.59 Å². The molecule has 8 heteroatoms. The Bertz CT molecular complexity index is 776. The van der Waals surface area contributed by atoms with E-state index in [0.29, 0.717) is 17.8 Å². The van der Waals surface area contributed by atoms with Crippen LogP contribution in [0.4, 0.5) is 10.5 Å². The molecule has 2 aromatic rings. The standard InChI is InChI=1S/C20H27N3O4S/c1-4-26-19(24)17-7-5-6-8-18(17)22-20(25)21-11-12-28-14-16-10-9-15(27-16)13-23(2)3/h5-10H,4,11-14H2,1-3H3,(H2,21,22,25). The summed E-state index contributed by atoms with van der Waals surface area (Å²) in [6.07, 6.45) is 0. The van der Waals surface area contributed by atoms with Crippen molar-refractivity contribution in [2.75, 3.05) is 38.3 Å². The van der Waals surface area contributed by atoms with E-state index < -0.39 is 5.97 Å². The van der Waals surface area contributed by atoms with Crippen LogP contribution in [0.5, 0.6) is 0 Å². The molecule has 0 aliphatic rings. The zero-order chi connectivity index (χ0) is 20.4. The topological polar surface area (TPSA) is 83.8 Å². The number of nitrogens with one attached hydrogen (secondary N) is 2. The van der Waals surface area contributed by atoms with Gasteiger partial charge < -0.3 is 24.7 Å². The van der Waals surface area contributed by atoms with Gasteiger partial charge in [0, 0.05) is 12.3 Å². The van der Waals surface area contributed by atoms with Crippen LogP contribution in [-0.2, 0) is 17.0 Å². The predicted octanol–water partition coefficient (Wildman–Crippen LogP) is 3.57. The average Bonchev–Trinajstić information content (AvgIpc) is 3.08. The molecule has 1 heterocycles. The highest BCUT2D eigenvalue weighted by atomic mass is 32.2. The Morgan fingerprint density at radius 3 is 2.64 bits per heavy atom. The number of esters is 1. The maximum atomic E-state index is 12.1. The molecule has 0 spiro atoms. The molecule has 2 amide bonds. The number of hydrogen-bond donors (Lipinski definition) is 2. The molecule has 2 rings (SSSR count). The number of carbonyl (C=O) groups excluding carboxylic acids is 2. The van der Waals surface area contributed by atoms with Crippen LogP contribution in [0.15, 0.2) is 40.8 Å². The van der Waals surface area contributed by atoms with Crippen LogP contribution in [0, 0.1) is 0 Å². The highest BCUT2D eigenvalue weighted by Crippen LogP contribution is 2.17. The third kappa shape index (κ3) is 7.28. The molecule has 28 heavy (non-hydrogen) atoms. The molecule has 2 N–H and O–H groups in total. The number of rotatable bonds is 10. The Morgan fingerprint density at radius 1 is 1.14 bits per heavy atom. The number of carbonyl (C=O) groups is 2. The second-order valence-electron chi connectivity index (χ2n) is 6.31. The Kier molecular flexibility index (Phi) is 8.90. The van der Waals surface area contributed by atoms with Gasteiger partial charge in [-0.3, -0.25) is 0 Å². The van der Waals surface area contributed by atoms with Crippen LogP contribution in [0.3, 0.4) is 0 Å². The molecule has 0 saturated carbocycles. The second-order valence-corrected chi connectivity index (χ2v) is 7.41. The van der Waals surface area contributed by atoms with Gasteiger partial charge in [0.05, 0.1) is 30.2 Å². The molecule has 0 saturated heterocycles. The first-order valence-corrected chi connectivity index (χ1v) is 10.3. The molecule has 0 unspecified atom stereocenters. The molecule has 0 bridgehead atoms. The minimum absolute atomic E-state index is 0.281. The maximum Gasteiger partial charge on any atom is 0.340 e. The SMILES string of the molecule is CCOC(=O)c1ccccc1NC(=O)NCCSCc1ccc(CN(C)C)o1. The number of thioether (sulfide) groups is 1. The minimum Gasteiger partial charge on any atom is -0.464 e. The lowest BCUT2D eigenvalue weighted by Gasteiger charge is -2.11. The van der Waals surface area contributed by atoms with Gasteiger partial charge in [0.25, 0.3) is 0 Å². The molecular weight excluding hydrogens is 378 g/mol. The Hall–Kier alpha value is -2.45. The van der Waals surface area contributed by atoms with Crippen molar-refractivity contribution < 1.29 is 18.7 Å². The number of amides is 2. The van der Waals surface area contributed by atoms with Gasteiger partial charge in [0.1, 0.15) is 11.5 Å². The van der Waals surface area contributed by atoms with Crippen molar-refractivity contribution in [2.24, 2.45) is 0 Å². The fourth-order valence-corrected chi connectivity index (χ4v) is 3.20. The number of urea groups is 1. The van der Waals surface area contributed by atoms with E-state index in [2.05, 4.69) is 15.5 Å². The molecule has 0 aliphatic carbocycles. The van der Waals surface area contributed by atoms with Gasteiger partial charge >= 0.3 is 12.0 Å². The Morgan fingerprint density at radius 2 is 1.89 bits per heavy atom. The third-order valence-electron chi connectivity index (χ3n) is 3.64. The first-order valence-electron chi connectivity index (χ1n) is 9.10. The van der Waals surface area contributed by atoms with Crippen molar-refractivity contribution in [2.45, 2.75) is 19.2 Å². The first-order chi connectivity index (χ1) is 13.5. The number of nitrogens with zero attached hydrogens (tertiary/aromatic N) is 1. The number of anilines is 1. The van der Waals surface area contributed by atoms with E-state index in [-0.39, 0.29) is 12.6 Å². The van der Waals surface area contributed by atoms with Crippen molar-refractivity contribution in [1.29, 1.82) is 0 Å². The molecule has 152 valence electrons. The lowest BCUT2D eigenvalue weighted by molar-refractivity contribution is 0.0527. The molecule has 1 aromatic heterocycles. The van der Waals surface area contributed by atoms with Gasteiger partial charge in [-0.15, -0.1) is 0 Å². The van der Waals surface area contributed by atoms with Crippen molar-refractivity contribution in [1.82, 2.24) is 10.2 Å². The molecule has 0 aliphatic heterocycles. The summed E-state index contributed by atoms with van der Waals surface area (Å²) in [5, 5.41) is 5.48. The van der Waals surface area contributed by atoms with Crippen molar-refractivity contribution >= 4 is 29.4 Å². The van der Waals surface area contributed by atoms with Gasteiger partial charge in [-0.1, -0.05) is 12.1 Å². The summed E-state index contributed by atoms with van der Waals surface area (Å²) in [7, 11) is 4.00. The summed E-state index contributed by atoms with van der Waals surface area (Å²) >= 11 is 1.68. The fourth-order valence-electron chi connectivity index (χ4n) is 2.45. The number of para-hydroxylation sites is 1. The van der Waals surface area contributed by atoms with Gasteiger partial charge in [0.15, 0.2) is 0 Å². The number of ether oxygens (including phenoxy) is 1. The fraction of sp³-hybridized carbons (Fsp3) is 0.400. The van der Waals surface area contributed by atoms with Gasteiger partial charge in [-0.05, 0) is 45.3 Å². The summed E-state index contributed by atoms with van der Waals surface area (Å²) in [6.45, 7) is 3.30. The number of furan rings is 1. The smallest absolute Gasteiger partial charge is 0.340 e. The average molecular weight is 406 g/mol. The third-order valence-corrected chi connectivity index (χ3v) is 4.62. The lowest BCUT2D eigenvalue weighted by atomic mass is 10.2. The summed E-state index contributed by atoms with van der Waals surface area (Å²) in [6, 6.07) is 10.4. The lowest BCUT2D eigenvalue weighted by Crippen LogP contribution is -2.31. The molecule has 0 fully saturated rings. The molecule has 7 nitrogen and oxygen atoms in total. The Balaban J connectivity index is 1.71. The Labute approximate surface area is 169 Å². The van der Waals surface area contributed by atoms with E-state index >= 15 is 0 Å². The van der Waals surface area contributed by atoms with Crippen LogP contribution >= 0.6 is 11.8 Å². The van der Waals surface area contributed by atoms with Crippen LogP contribution < -0.4 is 10.6 Å². The second kappa shape index (κ2) is 11.4. The number of hydrogen-bond acceptors (Lipinski definition) is 6. The summed E-state index contributed by atoms with van der Waals surface area (Å²) in [5.74, 6) is 2.91. The largest absolute Gasteiger partial charge is 0.464 e. The maximum absolute atomic E-state index is 12.1. The van der Waals surface area contributed by atoms with E-state index in [4.69, 9.17) is 9.15 Å². The monoisotopic (exact) mass is 405 g/mol. The first kappa shape index (κ1) is 21.8. The van der Waals surface area contributed by atoms with Crippen LogP contribution in [0.1, 0.15) is 28.8 Å². The van der Waals surface area contributed by atoms with Gasteiger partial charge in [0.2, 0.25) is 0 Å². The predicted molar refractivity (Wildman–Crippen MR) is 112 cm³/mol. The highest BCUT2D eigenvalue weighted by molar-refractivity contribution is 7.98. The van der Waals surface area contributed by atoms with E-state index in [9.17, 15) is 9.59 Å². The van der Waals surface area contributed by atoms with Crippen molar-refractivity contribution in [3.63, 3.8) is 0 Å². The summed E-state index contributed by atoms with van der Waals surface area (Å²) in [5.41, 5.74) is 0.760. The van der Waals surface area contributed by atoms with Crippen molar-refractivity contribution in [3.8, 4) is 0 Å². The number of benzene rings is 1. The van der Waals surface area contributed by atoms with Crippen LogP contribution in [0.2, 0.25) is 0 Å². The summed E-state index contributed by atoms with van der Waals surface area (Å²) in [4.78, 5) is 26.1. The molecule has 0 atom stereocenters. The van der Waals surface area contributed by atoms with E-state index in [1.807, 2.05) is 26.2 Å². The van der Waals surface area contributed by atoms with Crippen molar-refractivity contribution in [3.05, 3.63) is 53.5 Å². The highest BCUT2D eigenvalue weighted by Gasteiger charge is 2.13. The molecular formula is C20H27N3O4S. The van der Waals surface area contributed by atoms with Crippen LogP contribution in [-0.4, -0.2) is 49.9 Å². The quantitative estimate of drug-likeness (QED) is 0.464. The van der Waals surface area contributed by atoms with Gasteiger partial charge in [-0.2, -0.15) is 11.8 Å². The molecule has 1 aromatic carbocycles.